The first-order valence-electron chi connectivity index (χ1n) is 17.1. The number of esters is 1. The van der Waals surface area contributed by atoms with E-state index in [-0.39, 0.29) is 29.0 Å². The molecule has 250 valence electrons. The third kappa shape index (κ3) is 4.47. The number of benzene rings is 2. The summed E-state index contributed by atoms with van der Waals surface area (Å²) in [5.74, 6) is 1.43. The molecule has 2 saturated carbocycles. The Morgan fingerprint density at radius 1 is 1.17 bits per heavy atom. The topological polar surface area (TPSA) is 116 Å². The van der Waals surface area contributed by atoms with Crippen LogP contribution >= 0.6 is 0 Å². The predicted octanol–water partition coefficient (Wildman–Crippen LogP) is 5.40. The Bertz CT molecular complexity index is 1670. The maximum Gasteiger partial charge on any atom is 0.417 e. The number of aliphatic hydroxyl groups is 1. The van der Waals surface area contributed by atoms with E-state index < -0.39 is 23.8 Å². The van der Waals surface area contributed by atoms with Crippen LogP contribution < -0.4 is 19.5 Å². The molecule has 2 aromatic rings. The zero-order chi connectivity index (χ0) is 32.7. The number of aliphatic hydroxyl groups excluding tert-OH is 1. The van der Waals surface area contributed by atoms with Crippen molar-refractivity contribution < 1.29 is 38.4 Å². The number of unbranched alkanes of at least 4 members (excludes halogenated alkanes) is 1. The molecule has 4 bridgehead atoms. The van der Waals surface area contributed by atoms with Gasteiger partial charge in [0.1, 0.15) is 23.0 Å². The smallest absolute Gasteiger partial charge is 0.417 e. The lowest BCUT2D eigenvalue weighted by molar-refractivity contribution is -0.202. The van der Waals surface area contributed by atoms with E-state index in [4.69, 9.17) is 23.7 Å². The van der Waals surface area contributed by atoms with E-state index in [9.17, 15) is 14.7 Å². The number of hydrogen-bond acceptors (Lipinski definition) is 9. The molecule has 1 amide bonds. The van der Waals surface area contributed by atoms with Gasteiger partial charge in [-0.3, -0.25) is 10.2 Å². The number of rotatable bonds is 11. The predicted molar refractivity (Wildman–Crippen MR) is 173 cm³/mol. The molecule has 3 fully saturated rings. The molecule has 9 rings (SSSR count). The number of amides is 1. The monoisotopic (exact) mass is 644 g/mol. The van der Waals surface area contributed by atoms with Gasteiger partial charge in [-0.15, -0.1) is 0 Å². The highest BCUT2D eigenvalue weighted by Crippen LogP contribution is 2.72. The summed E-state index contributed by atoms with van der Waals surface area (Å²) in [6.45, 7) is 6.32. The molecule has 6 atom stereocenters. The first-order chi connectivity index (χ1) is 22.7. The van der Waals surface area contributed by atoms with Crippen molar-refractivity contribution in [3.05, 3.63) is 58.2 Å². The molecular formula is C37H44N2O8. The quantitative estimate of drug-likeness (QED) is 0.189. The van der Waals surface area contributed by atoms with Crippen molar-refractivity contribution in [1.82, 2.24) is 4.90 Å². The minimum absolute atomic E-state index is 0.130. The number of carbonyl (C=O) groups is 2. The summed E-state index contributed by atoms with van der Waals surface area (Å²) in [5.41, 5.74) is 4.79. The first-order valence-corrected chi connectivity index (χ1v) is 17.1. The van der Waals surface area contributed by atoms with E-state index in [0.29, 0.717) is 29.5 Å². The molecule has 47 heavy (non-hydrogen) atoms. The molecule has 1 saturated heterocycles. The molecule has 2 aromatic carbocycles. The molecule has 10 heteroatoms. The van der Waals surface area contributed by atoms with Crippen LogP contribution in [-0.4, -0.2) is 79.8 Å². The maximum atomic E-state index is 13.4. The lowest BCUT2D eigenvalue weighted by Crippen LogP contribution is -2.76. The third-order valence-corrected chi connectivity index (χ3v) is 11.6. The van der Waals surface area contributed by atoms with Crippen LogP contribution in [0, 0.1) is 11.8 Å². The highest BCUT2D eigenvalue weighted by atomic mass is 16.6. The number of nitrogens with zero attached hydrogens (tertiary/aromatic N) is 1. The van der Waals surface area contributed by atoms with Crippen LogP contribution in [0.15, 0.2) is 41.5 Å². The highest BCUT2D eigenvalue weighted by molar-refractivity contribution is 5.94. The number of likely N-dealkylation sites (tertiary alicyclic amines) is 1. The van der Waals surface area contributed by atoms with Gasteiger partial charge in [-0.1, -0.05) is 25.0 Å². The van der Waals surface area contributed by atoms with Crippen LogP contribution in [0.25, 0.3) is 0 Å². The fourth-order valence-corrected chi connectivity index (χ4v) is 9.51. The Hall–Kier alpha value is -3.60. The van der Waals surface area contributed by atoms with E-state index in [1.807, 2.05) is 19.9 Å². The van der Waals surface area contributed by atoms with Crippen LogP contribution in [0.2, 0.25) is 0 Å². The summed E-state index contributed by atoms with van der Waals surface area (Å²) in [6, 6.07) is 8.98. The Morgan fingerprint density at radius 3 is 2.72 bits per heavy atom. The van der Waals surface area contributed by atoms with Crippen LogP contribution in [-0.2, 0) is 21.3 Å². The van der Waals surface area contributed by atoms with Gasteiger partial charge in [-0.25, -0.2) is 9.59 Å². The van der Waals surface area contributed by atoms with Crippen LogP contribution in [0.3, 0.4) is 0 Å². The molecule has 2 aliphatic heterocycles. The number of ether oxygens (including phenoxy) is 5. The number of anilines is 1. The second kappa shape index (κ2) is 11.2. The SMILES string of the molecule is CCCCOC(=O)c1ccc(NC(=O)Oc2ccc3c4c2O[C@H]2[C@]5(OC)CC(=C6[C@@H](C3)N(CC3CC3)CC[C@]642)[C@@H]5C(C)O)cc1OC. The fraction of sp³-hybridized carbons (Fsp3) is 0.568. The molecule has 2 heterocycles. The van der Waals surface area contributed by atoms with Crippen LogP contribution in [0.4, 0.5) is 10.5 Å². The average molecular weight is 645 g/mol. The zero-order valence-corrected chi connectivity index (χ0v) is 27.6. The highest BCUT2D eigenvalue weighted by Gasteiger charge is 2.76. The summed E-state index contributed by atoms with van der Waals surface area (Å²) in [7, 11) is 3.20. The summed E-state index contributed by atoms with van der Waals surface area (Å²) in [4.78, 5) is 28.6. The molecular weight excluding hydrogens is 600 g/mol. The fourth-order valence-electron chi connectivity index (χ4n) is 9.51. The molecule has 5 aliphatic carbocycles. The van der Waals surface area contributed by atoms with Crippen molar-refractivity contribution in [1.29, 1.82) is 0 Å². The normalized spacial score (nSPS) is 30.1. The lowest BCUT2D eigenvalue weighted by atomic mass is 9.42. The minimum atomic E-state index is -0.684. The van der Waals surface area contributed by atoms with Crippen molar-refractivity contribution in [2.24, 2.45) is 11.8 Å². The van der Waals surface area contributed by atoms with E-state index in [2.05, 4.69) is 16.3 Å². The Kier molecular flexibility index (Phi) is 7.35. The Morgan fingerprint density at radius 2 is 2.00 bits per heavy atom. The second-order valence-electron chi connectivity index (χ2n) is 14.2. The summed E-state index contributed by atoms with van der Waals surface area (Å²) in [5, 5.41) is 13.9. The second-order valence-corrected chi connectivity index (χ2v) is 14.2. The largest absolute Gasteiger partial charge is 0.496 e. The van der Waals surface area contributed by atoms with Gasteiger partial charge in [0, 0.05) is 55.9 Å². The van der Waals surface area contributed by atoms with Gasteiger partial charge in [-0.05, 0) is 74.3 Å². The molecule has 7 aliphatic rings. The third-order valence-electron chi connectivity index (χ3n) is 11.6. The van der Waals surface area contributed by atoms with Gasteiger partial charge in [0.2, 0.25) is 0 Å². The van der Waals surface area contributed by atoms with Crippen molar-refractivity contribution in [2.75, 3.05) is 39.2 Å². The molecule has 2 N–H and O–H groups in total. The van der Waals surface area contributed by atoms with Gasteiger partial charge in [0.25, 0.3) is 0 Å². The van der Waals surface area contributed by atoms with Gasteiger partial charge < -0.3 is 28.8 Å². The molecule has 1 unspecified atom stereocenters. The summed E-state index contributed by atoms with van der Waals surface area (Å²) >= 11 is 0. The number of carbonyl (C=O) groups excluding carboxylic acids is 2. The van der Waals surface area contributed by atoms with Gasteiger partial charge in [-0.2, -0.15) is 0 Å². The van der Waals surface area contributed by atoms with Crippen molar-refractivity contribution in [2.45, 2.75) is 88.1 Å². The van der Waals surface area contributed by atoms with Crippen molar-refractivity contribution in [3.63, 3.8) is 0 Å². The van der Waals surface area contributed by atoms with Gasteiger partial charge in [0.15, 0.2) is 11.5 Å². The summed E-state index contributed by atoms with van der Waals surface area (Å²) < 4.78 is 30.1. The summed E-state index contributed by atoms with van der Waals surface area (Å²) in [6.07, 6.45) is 5.25. The maximum absolute atomic E-state index is 13.4. The first kappa shape index (κ1) is 30.7. The minimum Gasteiger partial charge on any atom is -0.496 e. The molecule has 1 spiro atoms. The molecule has 0 aromatic heterocycles. The van der Waals surface area contributed by atoms with E-state index in [1.54, 1.807) is 25.3 Å². The Balaban J connectivity index is 1.10. The molecule has 10 nitrogen and oxygen atoms in total. The van der Waals surface area contributed by atoms with Crippen molar-refractivity contribution in [3.8, 4) is 17.2 Å². The van der Waals surface area contributed by atoms with E-state index in [0.717, 1.165) is 56.7 Å². The van der Waals surface area contributed by atoms with Crippen LogP contribution in [0.5, 0.6) is 17.2 Å². The van der Waals surface area contributed by atoms with E-state index in [1.165, 1.54) is 36.7 Å². The number of hydrogen-bond donors (Lipinski definition) is 2. The number of piperidine rings is 1. The average Bonchev–Trinajstić information content (AvgIpc) is 3.79. The van der Waals surface area contributed by atoms with Gasteiger partial charge >= 0.3 is 12.1 Å². The zero-order valence-electron chi connectivity index (χ0n) is 27.6. The molecule has 0 radical (unpaired) electrons. The van der Waals surface area contributed by atoms with Crippen molar-refractivity contribution >= 4 is 17.7 Å². The van der Waals surface area contributed by atoms with E-state index >= 15 is 0 Å². The number of methoxy groups -OCH3 is 2. The lowest BCUT2D eigenvalue weighted by Gasteiger charge is -2.67. The number of nitrogens with one attached hydrogen (secondary N) is 1. The van der Waals surface area contributed by atoms with Gasteiger partial charge in [0.05, 0.1) is 25.2 Å². The van der Waals surface area contributed by atoms with Crippen LogP contribution in [0.1, 0.15) is 73.9 Å². The standard InChI is InChI=1S/C37H44N2O8/c1-5-6-15-45-33(41)24-11-10-23(17-28(24)43-3)38-35(42)46-27-12-9-22-16-26-31-25-18-37(44-4,29(25)20(2)40)34-36(31,30(22)32(27)47-34)13-14-39(26)19-21-7-8-21/h9-12,17,20-21,26,29,34,40H,5-8,13-16,18-19H2,1-4H3,(H,38,42)/t20?,26-,29+,34-,36-,37+/m1/s1. The Labute approximate surface area is 275 Å².